The van der Waals surface area contributed by atoms with Crippen LogP contribution in [0.25, 0.3) is 0 Å². The second-order valence-corrected chi connectivity index (χ2v) is 16.0. The first-order valence-corrected chi connectivity index (χ1v) is 23.3. The van der Waals surface area contributed by atoms with Crippen LogP contribution in [0.3, 0.4) is 0 Å². The number of unbranched alkanes of at least 4 members (excludes halogenated alkanes) is 13. The lowest BCUT2D eigenvalue weighted by Gasteiger charge is -2.18. The normalized spacial score (nSPS) is 14.3. The number of carbonyl (C=O) groups is 2. The molecule has 2 unspecified atom stereocenters. The Morgan fingerprint density at radius 1 is 0.589 bits per heavy atom. The van der Waals surface area contributed by atoms with E-state index >= 15 is 0 Å². The van der Waals surface area contributed by atoms with Crippen LogP contribution in [0.5, 0.6) is 0 Å². The van der Waals surface area contributed by atoms with Crippen LogP contribution in [-0.4, -0.2) is 52.3 Å². The molecule has 0 aromatic carbocycles. The zero-order chi connectivity index (χ0) is 41.4. The van der Waals surface area contributed by atoms with Crippen LogP contribution in [0.2, 0.25) is 0 Å². The third kappa shape index (κ3) is 41.1. The third-order valence-corrected chi connectivity index (χ3v) is 9.88. The highest BCUT2D eigenvalue weighted by Gasteiger charge is 2.23. The van der Waals surface area contributed by atoms with Crippen molar-refractivity contribution in [2.75, 3.05) is 13.2 Å². The Balaban J connectivity index is 4.13. The molecule has 0 rings (SSSR count). The van der Waals surface area contributed by atoms with E-state index in [0.717, 1.165) is 57.3 Å². The summed E-state index contributed by atoms with van der Waals surface area (Å²) in [5.41, 5.74) is 0. The Hall–Kier alpha value is -2.55. The maximum atomic E-state index is 12.4. The minimum Gasteiger partial charge on any atom is -0.462 e. The molecule has 0 aliphatic rings. The largest absolute Gasteiger partial charge is 0.469 e. The summed E-state index contributed by atoms with van der Waals surface area (Å²) in [6.07, 6.45) is 46.6. The fraction of sp³-hybridized carbons (Fsp3) is 0.696. The van der Waals surface area contributed by atoms with Gasteiger partial charge < -0.3 is 24.4 Å². The van der Waals surface area contributed by atoms with Crippen LogP contribution in [0.1, 0.15) is 175 Å². The lowest BCUT2D eigenvalue weighted by Crippen LogP contribution is -2.29. The lowest BCUT2D eigenvalue weighted by molar-refractivity contribution is -0.161. The summed E-state index contributed by atoms with van der Waals surface area (Å²) in [5.74, 6) is -0.298. The van der Waals surface area contributed by atoms with E-state index in [4.69, 9.17) is 19.3 Å². The zero-order valence-electron chi connectivity index (χ0n) is 35.3. The standard InChI is InChI=1S/C46H79O9P/c1-4-6-7-8-9-10-11-12-13-14-18-21-24-27-30-33-36-43(47)38-39-45(48)53-40-44(41-54-56(50,51)52)55-46(49)37-34-31-28-25-22-19-16-15-17-20-23-26-29-32-35-42(3)5-2/h6-7,9-10,12-13,18,21,27,30,33,36,42-44,47H,4-5,8,11,14-17,19-20,22-26,28-29,31-32,34-35,37-41H2,1-3H3,(H2,50,51,52)/b7-6-,10-9-,13-12-,21-18-,30-27-,36-33-/t42?,43?,44-/m1/s1. The fourth-order valence-electron chi connectivity index (χ4n) is 5.75. The quantitative estimate of drug-likeness (QED) is 0.0183. The molecule has 3 atom stereocenters. The molecule has 0 aliphatic heterocycles. The van der Waals surface area contributed by atoms with E-state index in [1.165, 1.54) is 77.0 Å². The van der Waals surface area contributed by atoms with Gasteiger partial charge in [0.25, 0.3) is 0 Å². The summed E-state index contributed by atoms with van der Waals surface area (Å²) in [5, 5.41) is 10.2. The van der Waals surface area contributed by atoms with E-state index in [2.05, 4.69) is 73.9 Å². The summed E-state index contributed by atoms with van der Waals surface area (Å²) < 4.78 is 26.3. The van der Waals surface area contributed by atoms with Crippen LogP contribution in [0.15, 0.2) is 72.9 Å². The number of esters is 2. The lowest BCUT2D eigenvalue weighted by atomic mass is 9.99. The van der Waals surface area contributed by atoms with Gasteiger partial charge in [0.2, 0.25) is 0 Å². The number of hydrogen-bond acceptors (Lipinski definition) is 7. The Morgan fingerprint density at radius 2 is 1.07 bits per heavy atom. The van der Waals surface area contributed by atoms with Crippen molar-refractivity contribution in [3.63, 3.8) is 0 Å². The molecule has 0 fully saturated rings. The molecule has 10 heteroatoms. The molecule has 322 valence electrons. The Kier molecular flexibility index (Phi) is 37.5. The molecule has 0 aliphatic carbocycles. The summed E-state index contributed by atoms with van der Waals surface area (Å²) in [6, 6.07) is 0. The van der Waals surface area contributed by atoms with Gasteiger partial charge in [-0.3, -0.25) is 14.1 Å². The first kappa shape index (κ1) is 53.5. The van der Waals surface area contributed by atoms with E-state index in [1.807, 2.05) is 12.2 Å². The molecule has 0 aromatic rings. The molecule has 0 aromatic heterocycles. The van der Waals surface area contributed by atoms with Gasteiger partial charge in [-0.1, -0.05) is 190 Å². The number of phosphoric acid groups is 1. The molecular formula is C46H79O9P. The molecule has 0 spiro atoms. The molecule has 56 heavy (non-hydrogen) atoms. The second-order valence-electron chi connectivity index (χ2n) is 14.7. The summed E-state index contributed by atoms with van der Waals surface area (Å²) in [6.45, 7) is 5.73. The average Bonchev–Trinajstić information content (AvgIpc) is 3.17. The van der Waals surface area contributed by atoms with Crippen LogP contribution >= 0.6 is 7.82 Å². The van der Waals surface area contributed by atoms with Gasteiger partial charge in [0.1, 0.15) is 6.61 Å². The van der Waals surface area contributed by atoms with E-state index in [9.17, 15) is 19.3 Å². The van der Waals surface area contributed by atoms with Gasteiger partial charge in [-0.2, -0.15) is 0 Å². The molecule has 3 N–H and O–H groups in total. The Bertz CT molecular complexity index is 1170. The second kappa shape index (κ2) is 39.3. The van der Waals surface area contributed by atoms with Crippen LogP contribution < -0.4 is 0 Å². The number of aliphatic hydroxyl groups excluding tert-OH is 1. The van der Waals surface area contributed by atoms with Crippen molar-refractivity contribution in [1.29, 1.82) is 0 Å². The third-order valence-electron chi connectivity index (χ3n) is 9.40. The van der Waals surface area contributed by atoms with Crippen molar-refractivity contribution in [3.8, 4) is 0 Å². The molecule has 0 amide bonds. The topological polar surface area (TPSA) is 140 Å². The van der Waals surface area contributed by atoms with Crippen molar-refractivity contribution in [1.82, 2.24) is 0 Å². The maximum Gasteiger partial charge on any atom is 0.469 e. The Morgan fingerprint density at radius 3 is 1.57 bits per heavy atom. The van der Waals surface area contributed by atoms with Crippen molar-refractivity contribution < 1.29 is 43.0 Å². The van der Waals surface area contributed by atoms with Gasteiger partial charge in [0, 0.05) is 12.8 Å². The van der Waals surface area contributed by atoms with E-state index in [0.29, 0.717) is 6.42 Å². The molecule has 9 nitrogen and oxygen atoms in total. The van der Waals surface area contributed by atoms with Gasteiger partial charge in [0.15, 0.2) is 6.10 Å². The molecule has 0 saturated carbocycles. The number of carbonyl (C=O) groups excluding carboxylic acids is 2. The highest BCUT2D eigenvalue weighted by molar-refractivity contribution is 7.46. The maximum absolute atomic E-state index is 12.4. The Labute approximate surface area is 341 Å². The van der Waals surface area contributed by atoms with Gasteiger partial charge >= 0.3 is 19.8 Å². The molecule has 0 heterocycles. The predicted octanol–water partition coefficient (Wildman–Crippen LogP) is 12.3. The van der Waals surface area contributed by atoms with E-state index < -0.39 is 45.2 Å². The number of ether oxygens (including phenoxy) is 2. The molecular weight excluding hydrogens is 727 g/mol. The van der Waals surface area contributed by atoms with Crippen LogP contribution in [0.4, 0.5) is 0 Å². The highest BCUT2D eigenvalue weighted by atomic mass is 31.2. The van der Waals surface area contributed by atoms with Gasteiger partial charge in [-0.25, -0.2) is 4.57 Å². The predicted molar refractivity (Wildman–Crippen MR) is 231 cm³/mol. The average molecular weight is 807 g/mol. The number of rotatable bonds is 38. The SMILES string of the molecule is CC/C=C\C/C=C\C/C=C\C/C=C\C/C=C\C=C/C(O)CCC(=O)OC[C@H](COP(=O)(O)O)OC(=O)CCCCCCCCCCCCCCCCC(C)CC. The minimum atomic E-state index is -4.81. The summed E-state index contributed by atoms with van der Waals surface area (Å²) in [4.78, 5) is 42.9. The minimum absolute atomic E-state index is 0.0874. The summed E-state index contributed by atoms with van der Waals surface area (Å²) >= 11 is 0. The van der Waals surface area contributed by atoms with Crippen molar-refractivity contribution in [3.05, 3.63) is 72.9 Å². The number of hydrogen-bond donors (Lipinski definition) is 3. The number of allylic oxidation sites excluding steroid dienone is 11. The smallest absolute Gasteiger partial charge is 0.462 e. The van der Waals surface area contributed by atoms with Crippen molar-refractivity contribution in [2.45, 2.75) is 187 Å². The molecule has 0 radical (unpaired) electrons. The fourth-order valence-corrected chi connectivity index (χ4v) is 6.11. The first-order chi connectivity index (χ1) is 27.1. The van der Waals surface area contributed by atoms with Crippen molar-refractivity contribution >= 4 is 19.8 Å². The van der Waals surface area contributed by atoms with Crippen LogP contribution in [0, 0.1) is 5.92 Å². The van der Waals surface area contributed by atoms with E-state index in [-0.39, 0.29) is 19.3 Å². The molecule has 0 saturated heterocycles. The van der Waals surface area contributed by atoms with Gasteiger partial charge in [-0.15, -0.1) is 0 Å². The van der Waals surface area contributed by atoms with Gasteiger partial charge in [0.05, 0.1) is 12.7 Å². The number of aliphatic hydroxyl groups is 1. The first-order valence-electron chi connectivity index (χ1n) is 21.7. The summed E-state index contributed by atoms with van der Waals surface area (Å²) in [7, 11) is -4.81. The monoisotopic (exact) mass is 807 g/mol. The zero-order valence-corrected chi connectivity index (χ0v) is 36.2. The number of phosphoric ester groups is 1. The van der Waals surface area contributed by atoms with E-state index in [1.54, 1.807) is 12.2 Å². The van der Waals surface area contributed by atoms with Crippen molar-refractivity contribution in [2.24, 2.45) is 5.92 Å². The highest BCUT2D eigenvalue weighted by Crippen LogP contribution is 2.36. The molecule has 0 bridgehead atoms. The van der Waals surface area contributed by atoms with Gasteiger partial charge in [-0.05, 0) is 50.9 Å². The van der Waals surface area contributed by atoms with Crippen LogP contribution in [-0.2, 0) is 28.2 Å².